The molecule has 0 saturated heterocycles. The molecule has 3 atom stereocenters. The lowest BCUT2D eigenvalue weighted by molar-refractivity contribution is -0.870. The van der Waals surface area contributed by atoms with Gasteiger partial charge in [0.2, 0.25) is 5.91 Å². The molecule has 0 aromatic carbocycles. The molecule has 0 bridgehead atoms. The van der Waals surface area contributed by atoms with Gasteiger partial charge in [-0.1, -0.05) is 146 Å². The van der Waals surface area contributed by atoms with Crippen LogP contribution in [0.1, 0.15) is 168 Å². The molecule has 3 unspecified atom stereocenters. The molecule has 0 aliphatic heterocycles. The number of quaternary nitrogens is 1. The van der Waals surface area contributed by atoms with Crippen molar-refractivity contribution in [3.05, 3.63) is 48.6 Å². The Labute approximate surface area is 320 Å². The highest BCUT2D eigenvalue weighted by molar-refractivity contribution is 7.47. The van der Waals surface area contributed by atoms with E-state index in [2.05, 4.69) is 55.6 Å². The molecule has 0 radical (unpaired) electrons. The van der Waals surface area contributed by atoms with E-state index in [1.807, 2.05) is 27.2 Å². The predicted molar refractivity (Wildman–Crippen MR) is 221 cm³/mol. The number of nitrogens with one attached hydrogen (secondary N) is 1. The van der Waals surface area contributed by atoms with Crippen LogP contribution in [0.4, 0.5) is 0 Å². The molecule has 0 aromatic rings. The molecular formula is C43H82N2O6P+. The molecule has 0 spiro atoms. The minimum Gasteiger partial charge on any atom is -0.387 e. The summed E-state index contributed by atoms with van der Waals surface area (Å²) in [6, 6.07) is -0.882. The normalized spacial score (nSPS) is 15.0. The van der Waals surface area contributed by atoms with Crippen LogP contribution in [0, 0.1) is 0 Å². The van der Waals surface area contributed by atoms with E-state index < -0.39 is 20.0 Å². The summed E-state index contributed by atoms with van der Waals surface area (Å²) in [6.45, 7) is 4.70. The van der Waals surface area contributed by atoms with Gasteiger partial charge in [0, 0.05) is 6.42 Å². The van der Waals surface area contributed by atoms with Crippen molar-refractivity contribution in [3.63, 3.8) is 0 Å². The predicted octanol–water partition coefficient (Wildman–Crippen LogP) is 11.3. The number of aliphatic hydroxyl groups excluding tert-OH is 1. The third-order valence-electron chi connectivity index (χ3n) is 9.00. The molecule has 52 heavy (non-hydrogen) atoms. The van der Waals surface area contributed by atoms with E-state index in [-0.39, 0.29) is 19.1 Å². The molecular weight excluding hydrogens is 671 g/mol. The largest absolute Gasteiger partial charge is 0.472 e. The van der Waals surface area contributed by atoms with Crippen molar-refractivity contribution >= 4 is 13.7 Å². The average Bonchev–Trinajstić information content (AvgIpc) is 3.09. The molecule has 0 fully saturated rings. The van der Waals surface area contributed by atoms with Crippen LogP contribution in [0.25, 0.3) is 0 Å². The Balaban J connectivity index is 4.49. The van der Waals surface area contributed by atoms with Gasteiger partial charge in [0.25, 0.3) is 0 Å². The Morgan fingerprint density at radius 3 is 1.56 bits per heavy atom. The van der Waals surface area contributed by atoms with Crippen molar-refractivity contribution in [3.8, 4) is 0 Å². The molecule has 8 nitrogen and oxygen atoms in total. The quantitative estimate of drug-likeness (QED) is 0.0252. The van der Waals surface area contributed by atoms with Crippen molar-refractivity contribution in [2.75, 3.05) is 40.9 Å². The zero-order valence-corrected chi connectivity index (χ0v) is 35.2. The Bertz CT molecular complexity index is 991. The first-order valence-corrected chi connectivity index (χ1v) is 22.5. The molecule has 0 heterocycles. The molecule has 0 rings (SSSR count). The number of likely N-dealkylation sites (N-methyl/N-ethyl adjacent to an activating group) is 1. The number of hydrogen-bond acceptors (Lipinski definition) is 5. The van der Waals surface area contributed by atoms with Crippen LogP contribution in [0.2, 0.25) is 0 Å². The topological polar surface area (TPSA) is 105 Å². The highest BCUT2D eigenvalue weighted by Gasteiger charge is 2.27. The number of carbonyl (C=O) groups is 1. The first kappa shape index (κ1) is 50.5. The van der Waals surface area contributed by atoms with Gasteiger partial charge in [0.05, 0.1) is 39.9 Å². The summed E-state index contributed by atoms with van der Waals surface area (Å²) >= 11 is 0. The molecule has 3 N–H and O–H groups in total. The molecule has 0 aromatic heterocycles. The summed E-state index contributed by atoms with van der Waals surface area (Å²) in [6.07, 6.45) is 43.5. The molecule has 1 amide bonds. The molecule has 0 aliphatic carbocycles. The van der Waals surface area contributed by atoms with Crippen LogP contribution >= 0.6 is 7.82 Å². The van der Waals surface area contributed by atoms with E-state index in [0.717, 1.165) is 38.5 Å². The van der Waals surface area contributed by atoms with Crippen molar-refractivity contribution in [1.82, 2.24) is 5.32 Å². The number of carbonyl (C=O) groups excluding carboxylic acids is 1. The lowest BCUT2D eigenvalue weighted by atomic mass is 10.1. The van der Waals surface area contributed by atoms with Crippen LogP contribution in [-0.2, 0) is 18.4 Å². The Morgan fingerprint density at radius 2 is 1.06 bits per heavy atom. The lowest BCUT2D eigenvalue weighted by Crippen LogP contribution is -2.45. The van der Waals surface area contributed by atoms with Gasteiger partial charge in [0.15, 0.2) is 0 Å². The maximum absolute atomic E-state index is 12.7. The summed E-state index contributed by atoms with van der Waals surface area (Å²) < 4.78 is 23.4. The van der Waals surface area contributed by atoms with Gasteiger partial charge >= 0.3 is 7.82 Å². The van der Waals surface area contributed by atoms with E-state index in [4.69, 9.17) is 9.05 Å². The second-order valence-corrected chi connectivity index (χ2v) is 16.8. The van der Waals surface area contributed by atoms with Crippen LogP contribution < -0.4 is 5.32 Å². The molecule has 9 heteroatoms. The minimum atomic E-state index is -4.35. The lowest BCUT2D eigenvalue weighted by Gasteiger charge is -2.25. The standard InChI is InChI=1S/C43H81N2O6P/c1-6-8-10-12-14-16-17-18-19-20-21-22-23-24-25-26-27-29-30-32-34-36-42(46)41(40-51-52(48,49)50-39-38-45(3,4)5)44-43(47)37-35-33-31-28-15-13-11-9-7-2/h23-24,27-29,31,34,36,41-42,46H,6-22,25-26,30,32-33,35,37-40H2,1-5H3,(H-,44,47,48,49)/p+1/b24-23+,29-27+,31-28-,36-34+. The number of rotatable bonds is 37. The van der Waals surface area contributed by atoms with Crippen LogP contribution in [-0.4, -0.2) is 73.4 Å². The third-order valence-corrected chi connectivity index (χ3v) is 9.98. The summed E-state index contributed by atoms with van der Waals surface area (Å²) in [5.41, 5.74) is 0. The third kappa shape index (κ3) is 36.8. The number of nitrogens with zero attached hydrogens (tertiary/aromatic N) is 1. The maximum Gasteiger partial charge on any atom is 0.472 e. The van der Waals surface area contributed by atoms with Gasteiger partial charge in [0.1, 0.15) is 13.2 Å². The van der Waals surface area contributed by atoms with E-state index >= 15 is 0 Å². The average molecular weight is 754 g/mol. The number of unbranched alkanes of at least 4 members (excludes halogenated alkanes) is 18. The van der Waals surface area contributed by atoms with Gasteiger partial charge in [-0.2, -0.15) is 0 Å². The highest BCUT2D eigenvalue weighted by atomic mass is 31.2. The van der Waals surface area contributed by atoms with Gasteiger partial charge < -0.3 is 19.8 Å². The highest BCUT2D eigenvalue weighted by Crippen LogP contribution is 2.43. The summed E-state index contributed by atoms with van der Waals surface area (Å²) in [5, 5.41) is 13.7. The first-order chi connectivity index (χ1) is 25.0. The Kier molecular flexibility index (Phi) is 34.1. The molecule has 0 saturated carbocycles. The second-order valence-electron chi connectivity index (χ2n) is 15.3. The van der Waals surface area contributed by atoms with E-state index in [0.29, 0.717) is 23.9 Å². The molecule has 0 aliphatic rings. The summed E-state index contributed by atoms with van der Waals surface area (Å²) in [7, 11) is 1.52. The van der Waals surface area contributed by atoms with Gasteiger partial charge in [-0.3, -0.25) is 13.8 Å². The van der Waals surface area contributed by atoms with Crippen molar-refractivity contribution in [2.24, 2.45) is 0 Å². The Morgan fingerprint density at radius 1 is 0.635 bits per heavy atom. The zero-order valence-electron chi connectivity index (χ0n) is 34.3. The number of phosphoric ester groups is 1. The number of aliphatic hydroxyl groups is 1. The number of hydrogen-bond donors (Lipinski definition) is 3. The zero-order chi connectivity index (χ0) is 38.6. The monoisotopic (exact) mass is 754 g/mol. The summed E-state index contributed by atoms with van der Waals surface area (Å²) in [5.74, 6) is -0.230. The first-order valence-electron chi connectivity index (χ1n) is 21.0. The smallest absolute Gasteiger partial charge is 0.387 e. The van der Waals surface area contributed by atoms with Crippen LogP contribution in [0.5, 0.6) is 0 Å². The fourth-order valence-electron chi connectivity index (χ4n) is 5.60. The van der Waals surface area contributed by atoms with Crippen molar-refractivity contribution in [2.45, 2.75) is 180 Å². The summed E-state index contributed by atoms with van der Waals surface area (Å²) in [4.78, 5) is 22.9. The number of phosphoric acid groups is 1. The van der Waals surface area contributed by atoms with Gasteiger partial charge in [-0.25, -0.2) is 4.57 Å². The fourth-order valence-corrected chi connectivity index (χ4v) is 6.34. The van der Waals surface area contributed by atoms with Crippen molar-refractivity contribution < 1.29 is 32.9 Å². The number of allylic oxidation sites excluding steroid dienone is 7. The van der Waals surface area contributed by atoms with Gasteiger partial charge in [-0.05, 0) is 64.2 Å². The van der Waals surface area contributed by atoms with Crippen LogP contribution in [0.3, 0.4) is 0 Å². The van der Waals surface area contributed by atoms with E-state index in [1.54, 1.807) is 6.08 Å². The van der Waals surface area contributed by atoms with E-state index in [1.165, 1.54) is 103 Å². The number of amides is 1. The SMILES string of the molecule is CCCCCC/C=C\CCCC(=O)NC(COP(=O)(O)OCC[N+](C)(C)C)C(O)/C=C/CC/C=C/CC/C=C/CCCCCCCCCCCCC. The second kappa shape index (κ2) is 35.2. The maximum atomic E-state index is 12.7. The minimum absolute atomic E-state index is 0.0477. The molecule has 304 valence electrons. The van der Waals surface area contributed by atoms with E-state index in [9.17, 15) is 19.4 Å². The van der Waals surface area contributed by atoms with Crippen LogP contribution in [0.15, 0.2) is 48.6 Å². The fraction of sp³-hybridized carbons (Fsp3) is 0.791. The Hall–Kier alpha value is -1.54. The van der Waals surface area contributed by atoms with Gasteiger partial charge in [-0.15, -0.1) is 0 Å². The van der Waals surface area contributed by atoms with Crippen molar-refractivity contribution in [1.29, 1.82) is 0 Å².